The van der Waals surface area contributed by atoms with Crippen molar-refractivity contribution in [2.75, 3.05) is 0 Å². The summed E-state index contributed by atoms with van der Waals surface area (Å²) in [5.74, 6) is 1.90. The average molecular weight is 1070 g/mol. The fourth-order valence-electron chi connectivity index (χ4n) is 15.9. The summed E-state index contributed by atoms with van der Waals surface area (Å²) in [6.45, 7) is 4.67. The normalized spacial score (nSPS) is 14.0. The molecule has 1 spiro atoms. The van der Waals surface area contributed by atoms with E-state index in [1.54, 1.807) is 0 Å². The third-order valence-electron chi connectivity index (χ3n) is 19.2. The van der Waals surface area contributed by atoms with E-state index in [0.717, 1.165) is 66.4 Å². The Balaban J connectivity index is 0.823. The Kier molecular flexibility index (Phi) is 9.00. The van der Waals surface area contributed by atoms with E-state index in [1.165, 1.54) is 99.3 Å². The van der Waals surface area contributed by atoms with E-state index in [-0.39, 0.29) is 5.41 Å². The summed E-state index contributed by atoms with van der Waals surface area (Å²) in [5.41, 5.74) is 26.7. The van der Waals surface area contributed by atoms with Crippen LogP contribution in [0.15, 0.2) is 259 Å². The summed E-state index contributed by atoms with van der Waals surface area (Å²) in [6.07, 6.45) is 0. The lowest BCUT2D eigenvalue weighted by atomic mass is 9.70. The van der Waals surface area contributed by atoms with Gasteiger partial charge >= 0.3 is 0 Å². The van der Waals surface area contributed by atoms with Crippen LogP contribution in [0.1, 0.15) is 47.2 Å². The highest BCUT2D eigenvalue weighted by Crippen LogP contribution is 2.64. The molecule has 0 amide bonds. The van der Waals surface area contributed by atoms with E-state index in [2.05, 4.69) is 273 Å². The smallest absolute Gasteiger partial charge is 0.164 e. The first kappa shape index (κ1) is 45.9. The molecule has 0 radical (unpaired) electrons. The standard InChI is InChI=1S/C79H48N4O/c1-78(2)60-32-11-5-23-50(60)53-29-17-31-58(73(53)78)77-81-75(80-76(82-77)57-30-18-36-64-69(57)55-26-8-14-35-63(55)79(64)61-33-12-6-21-48(61)49-22-7-13-34-62(49)79)54-25-4-3-20-47(54)45-40-42-46(43-41-45)59-44-68-72-71-52(28-19-39-67(71)84-68)51-24-9-15-37-65(51)83-66-38-16-10-27-56(66)70(59)74(72)83/h3-44H,1-2H3. The Labute approximate surface area is 483 Å². The highest BCUT2D eigenvalue weighted by Gasteiger charge is 2.52. The van der Waals surface area contributed by atoms with E-state index < -0.39 is 5.41 Å². The number of hydrogen-bond acceptors (Lipinski definition) is 4. The van der Waals surface area contributed by atoms with Gasteiger partial charge in [0.1, 0.15) is 11.2 Å². The van der Waals surface area contributed by atoms with Crippen LogP contribution in [-0.4, -0.2) is 19.4 Å². The molecule has 5 heteroatoms. The molecule has 3 aliphatic rings. The van der Waals surface area contributed by atoms with Crippen molar-refractivity contribution in [1.29, 1.82) is 0 Å². The quantitative estimate of drug-likeness (QED) is 0.172. The van der Waals surface area contributed by atoms with Crippen molar-refractivity contribution in [3.05, 3.63) is 288 Å². The Hall–Kier alpha value is -10.8. The first-order chi connectivity index (χ1) is 41.4. The molecule has 4 aromatic heterocycles. The van der Waals surface area contributed by atoms with Crippen molar-refractivity contribution in [2.24, 2.45) is 0 Å². The van der Waals surface area contributed by atoms with Crippen LogP contribution in [0.25, 0.3) is 150 Å². The lowest BCUT2D eigenvalue weighted by molar-refractivity contribution is 0.661. The summed E-state index contributed by atoms with van der Waals surface area (Å²) in [6, 6.07) is 93.3. The van der Waals surface area contributed by atoms with Gasteiger partial charge in [0.25, 0.3) is 0 Å². The number of aromatic nitrogens is 4. The second kappa shape index (κ2) is 16.5. The van der Waals surface area contributed by atoms with Gasteiger partial charge in [-0.3, -0.25) is 0 Å². The summed E-state index contributed by atoms with van der Waals surface area (Å²) >= 11 is 0. The zero-order valence-corrected chi connectivity index (χ0v) is 45.9. The highest BCUT2D eigenvalue weighted by molar-refractivity contribution is 6.34. The molecule has 3 aliphatic carbocycles. The molecule has 0 saturated heterocycles. The van der Waals surface area contributed by atoms with Crippen molar-refractivity contribution < 1.29 is 4.42 Å². The van der Waals surface area contributed by atoms with E-state index in [0.29, 0.717) is 17.5 Å². The highest BCUT2D eigenvalue weighted by atomic mass is 16.3. The van der Waals surface area contributed by atoms with Crippen LogP contribution in [0.5, 0.6) is 0 Å². The molecule has 16 aromatic rings. The number of nitrogens with zero attached hydrogens (tertiary/aromatic N) is 4. The minimum Gasteiger partial charge on any atom is -0.456 e. The van der Waals surface area contributed by atoms with Crippen molar-refractivity contribution in [3.8, 4) is 89.8 Å². The molecule has 19 rings (SSSR count). The minimum absolute atomic E-state index is 0.309. The van der Waals surface area contributed by atoms with Crippen LogP contribution in [0.4, 0.5) is 0 Å². The number of furan rings is 1. The zero-order chi connectivity index (χ0) is 55.2. The van der Waals surface area contributed by atoms with Gasteiger partial charge in [0.2, 0.25) is 0 Å². The SMILES string of the molecule is CC1(C)c2ccccc2-c2cccc(-c3nc(-c4ccccc4-c4ccc(-c5cc6oc7cccc8c9ccccc9n9c%10ccccc%10c5c9c6c78)cc4)nc(-c4cccc5c4-c4ccccc4C54c5ccccc5-c5ccccc54)n3)c21. The summed E-state index contributed by atoms with van der Waals surface area (Å²) in [7, 11) is 0. The largest absolute Gasteiger partial charge is 0.456 e. The van der Waals surface area contributed by atoms with Crippen LogP contribution in [0.2, 0.25) is 0 Å². The lowest BCUT2D eigenvalue weighted by Gasteiger charge is -2.30. The monoisotopic (exact) mass is 1070 g/mol. The predicted octanol–water partition coefficient (Wildman–Crippen LogP) is 19.9. The van der Waals surface area contributed by atoms with E-state index in [1.807, 2.05) is 0 Å². The lowest BCUT2D eigenvalue weighted by Crippen LogP contribution is -2.25. The average Bonchev–Trinajstić information content (AvgIpc) is 1.66. The van der Waals surface area contributed by atoms with Gasteiger partial charge in [-0.15, -0.1) is 0 Å². The van der Waals surface area contributed by atoms with E-state index in [9.17, 15) is 0 Å². The first-order valence-electron chi connectivity index (χ1n) is 29.1. The van der Waals surface area contributed by atoms with Crippen LogP contribution in [-0.2, 0) is 10.8 Å². The Bertz CT molecular complexity index is 5500. The Morgan fingerprint density at radius 2 is 0.786 bits per heavy atom. The second-order valence-corrected chi connectivity index (χ2v) is 23.6. The molecule has 84 heavy (non-hydrogen) atoms. The maximum absolute atomic E-state index is 6.86. The summed E-state index contributed by atoms with van der Waals surface area (Å²) in [4.78, 5) is 17.0. The molecule has 0 fully saturated rings. The molecule has 0 atom stereocenters. The van der Waals surface area contributed by atoms with Crippen molar-refractivity contribution in [2.45, 2.75) is 24.7 Å². The fraction of sp³-hybridized carbons (Fsp3) is 0.0506. The zero-order valence-electron chi connectivity index (χ0n) is 45.9. The topological polar surface area (TPSA) is 56.2 Å². The molecule has 390 valence electrons. The number of rotatable bonds is 5. The summed E-state index contributed by atoms with van der Waals surface area (Å²) in [5, 5.41) is 7.13. The van der Waals surface area contributed by atoms with Crippen molar-refractivity contribution in [3.63, 3.8) is 0 Å². The number of para-hydroxylation sites is 2. The van der Waals surface area contributed by atoms with E-state index >= 15 is 0 Å². The molecule has 4 heterocycles. The van der Waals surface area contributed by atoms with Gasteiger partial charge in [-0.05, 0) is 119 Å². The van der Waals surface area contributed by atoms with Crippen molar-refractivity contribution >= 4 is 60.0 Å². The first-order valence-corrected chi connectivity index (χ1v) is 29.1. The van der Waals surface area contributed by atoms with Crippen LogP contribution in [0.3, 0.4) is 0 Å². The number of hydrogen-bond donors (Lipinski definition) is 0. The molecular formula is C79H48N4O. The summed E-state index contributed by atoms with van der Waals surface area (Å²) < 4.78 is 9.33. The van der Waals surface area contributed by atoms with Gasteiger partial charge in [-0.25, -0.2) is 15.0 Å². The predicted molar refractivity (Wildman–Crippen MR) is 343 cm³/mol. The third-order valence-corrected chi connectivity index (χ3v) is 19.2. The van der Waals surface area contributed by atoms with Gasteiger partial charge in [0, 0.05) is 43.7 Å². The molecule has 0 N–H and O–H groups in total. The van der Waals surface area contributed by atoms with Crippen molar-refractivity contribution in [1.82, 2.24) is 19.4 Å². The van der Waals surface area contributed by atoms with Gasteiger partial charge in [-0.2, -0.15) is 0 Å². The third kappa shape index (κ3) is 5.80. The van der Waals surface area contributed by atoms with Crippen LogP contribution >= 0.6 is 0 Å². The van der Waals surface area contributed by atoms with Gasteiger partial charge in [0.05, 0.1) is 27.4 Å². The van der Waals surface area contributed by atoms with Crippen LogP contribution in [0, 0.1) is 0 Å². The number of benzene rings is 12. The maximum atomic E-state index is 6.86. The molecule has 12 aromatic carbocycles. The fourth-order valence-corrected chi connectivity index (χ4v) is 15.9. The van der Waals surface area contributed by atoms with Gasteiger partial charge in [0.15, 0.2) is 17.5 Å². The Morgan fingerprint density at radius 1 is 0.321 bits per heavy atom. The van der Waals surface area contributed by atoms with Crippen LogP contribution < -0.4 is 0 Å². The molecule has 0 bridgehead atoms. The molecule has 0 saturated carbocycles. The van der Waals surface area contributed by atoms with Gasteiger partial charge in [-0.1, -0.05) is 244 Å². The minimum atomic E-state index is -0.521. The molecule has 0 unspecified atom stereocenters. The molecule has 5 nitrogen and oxygen atoms in total. The molecule has 0 aliphatic heterocycles. The maximum Gasteiger partial charge on any atom is 0.164 e. The number of fused-ring (bicyclic) bond motifs is 19. The van der Waals surface area contributed by atoms with Gasteiger partial charge < -0.3 is 8.82 Å². The molecular weight excluding hydrogens is 1020 g/mol. The second-order valence-electron chi connectivity index (χ2n) is 23.6. The van der Waals surface area contributed by atoms with E-state index in [4.69, 9.17) is 19.4 Å². The Morgan fingerprint density at radius 3 is 1.50 bits per heavy atom.